The zero-order chi connectivity index (χ0) is 27.6. The van der Waals surface area contributed by atoms with Crippen LogP contribution in [0.1, 0.15) is 74.7 Å². The van der Waals surface area contributed by atoms with Crippen LogP contribution in [0.15, 0.2) is 23.3 Å². The van der Waals surface area contributed by atoms with Crippen molar-refractivity contribution in [1.29, 1.82) is 0 Å². The van der Waals surface area contributed by atoms with E-state index in [1.807, 2.05) is 32.9 Å². The van der Waals surface area contributed by atoms with Crippen LogP contribution in [0.25, 0.3) is 0 Å². The molecule has 6 rings (SSSR count). The predicted octanol–water partition coefficient (Wildman–Crippen LogP) is 4.88. The molecular weight excluding hydrogens is 482 g/mol. The Balaban J connectivity index is 1.46. The van der Waals surface area contributed by atoms with Gasteiger partial charge in [0.25, 0.3) is 0 Å². The minimum Gasteiger partial charge on any atom is -0.438 e. The van der Waals surface area contributed by atoms with Crippen LogP contribution >= 0.6 is 0 Å². The van der Waals surface area contributed by atoms with Crippen LogP contribution in [0.4, 0.5) is 4.79 Å². The first-order chi connectivity index (χ1) is 17.5. The molecule has 2 heterocycles. The van der Waals surface area contributed by atoms with Gasteiger partial charge in [-0.05, 0) is 79.8 Å². The van der Waals surface area contributed by atoms with Crippen LogP contribution in [0.3, 0.4) is 0 Å². The summed E-state index contributed by atoms with van der Waals surface area (Å²) in [6.45, 7) is 18.0. The molecule has 0 unspecified atom stereocenters. The molecule has 38 heavy (non-hydrogen) atoms. The van der Waals surface area contributed by atoms with E-state index in [-0.39, 0.29) is 41.0 Å². The van der Waals surface area contributed by atoms with Crippen LogP contribution < -0.4 is 0 Å². The van der Waals surface area contributed by atoms with E-state index in [0.717, 1.165) is 30.4 Å². The van der Waals surface area contributed by atoms with Gasteiger partial charge in [-0.25, -0.2) is 4.79 Å². The van der Waals surface area contributed by atoms with Gasteiger partial charge in [-0.3, -0.25) is 4.79 Å². The van der Waals surface area contributed by atoms with Crippen molar-refractivity contribution in [3.63, 3.8) is 0 Å². The monoisotopic (exact) mass is 527 g/mol. The van der Waals surface area contributed by atoms with Crippen molar-refractivity contribution < 1.29 is 28.9 Å². The van der Waals surface area contributed by atoms with E-state index < -0.39 is 35.1 Å². The summed E-state index contributed by atoms with van der Waals surface area (Å²) in [5.74, 6) is -0.783. The van der Waals surface area contributed by atoms with Crippen molar-refractivity contribution in [3.8, 4) is 0 Å². The summed E-state index contributed by atoms with van der Waals surface area (Å²) in [6.07, 6.45) is 4.54. The number of aliphatic hydroxyl groups is 1. The number of hydrogen-bond acceptors (Lipinski definition) is 6. The molecule has 0 radical (unpaired) electrons. The maximum atomic E-state index is 14.8. The lowest BCUT2D eigenvalue weighted by molar-refractivity contribution is -0.303. The molecule has 1 amide bonds. The lowest BCUT2D eigenvalue weighted by atomic mass is 9.59. The fourth-order valence-electron chi connectivity index (χ4n) is 9.05. The maximum absolute atomic E-state index is 14.8. The molecule has 0 aromatic heterocycles. The third-order valence-corrected chi connectivity index (χ3v) is 11.0. The average molecular weight is 528 g/mol. The van der Waals surface area contributed by atoms with Gasteiger partial charge in [0.2, 0.25) is 0 Å². The Labute approximate surface area is 226 Å². The second kappa shape index (κ2) is 7.94. The number of piperidine rings is 1. The van der Waals surface area contributed by atoms with Crippen molar-refractivity contribution in [2.75, 3.05) is 19.7 Å². The van der Waals surface area contributed by atoms with Crippen LogP contribution in [-0.2, 0) is 19.0 Å². The highest BCUT2D eigenvalue weighted by Crippen LogP contribution is 2.72. The quantitative estimate of drug-likeness (QED) is 0.489. The number of nitrogens with zero attached hydrogens (tertiary/aromatic N) is 1. The van der Waals surface area contributed by atoms with E-state index in [9.17, 15) is 14.7 Å². The number of hydrogen-bond donors (Lipinski definition) is 1. The molecule has 6 aliphatic rings. The van der Waals surface area contributed by atoms with Gasteiger partial charge in [0.15, 0.2) is 23.3 Å². The van der Waals surface area contributed by atoms with Gasteiger partial charge in [0.1, 0.15) is 6.10 Å². The molecular formula is C31H45NO6. The molecule has 7 heteroatoms. The molecule has 1 spiro atoms. The molecule has 2 saturated heterocycles. The maximum Gasteiger partial charge on any atom is 0.410 e. The Hall–Kier alpha value is -1.70. The van der Waals surface area contributed by atoms with E-state index in [1.54, 1.807) is 4.90 Å². The highest BCUT2D eigenvalue weighted by molar-refractivity contribution is 5.95. The molecule has 7 nitrogen and oxygen atoms in total. The molecule has 210 valence electrons. The number of fused-ring (bicyclic) bond motifs is 5. The van der Waals surface area contributed by atoms with E-state index in [2.05, 4.69) is 34.6 Å². The standard InChI is InChI=1S/C31H45NO6/c1-17-14-30-18(2)12-21-22(28(21,5)6)20(23(30)33)13-19-15-36-29(7,8)38-25(19)31(30,35)24(17)37-26(34)32-11-9-10-27(3,4)16-32/h13-14,18,20-22,24-25,35H,9-12,15-16H2,1-8H3/t18-,20+,21-,22-,24+,25-,30+,31-/m1/s1. The average Bonchev–Trinajstić information content (AvgIpc) is 3.30. The second-order valence-electron chi connectivity index (χ2n) is 14.9. The number of carbonyl (C=O) groups excluding carboxylic acids is 2. The summed E-state index contributed by atoms with van der Waals surface area (Å²) < 4.78 is 18.8. The molecule has 2 aliphatic heterocycles. The minimum atomic E-state index is -1.77. The fourth-order valence-corrected chi connectivity index (χ4v) is 9.05. The Bertz CT molecular complexity index is 1140. The van der Waals surface area contributed by atoms with Crippen molar-refractivity contribution in [1.82, 2.24) is 4.90 Å². The zero-order valence-electron chi connectivity index (χ0n) is 24.3. The minimum absolute atomic E-state index is 0.00877. The van der Waals surface area contributed by atoms with Crippen LogP contribution in [0, 0.1) is 39.9 Å². The SMILES string of the molecule is CC1=C[C@]23C(=O)[C@@H](C=C4COC(C)(C)O[C@H]4[C@]2(O)[C@H]1OC(=O)N1CCCC(C)(C)C1)[C@@H]1[C@@H](C[C@H]3C)C1(C)C. The lowest BCUT2D eigenvalue weighted by Gasteiger charge is -2.53. The van der Waals surface area contributed by atoms with Gasteiger partial charge in [0, 0.05) is 19.0 Å². The predicted molar refractivity (Wildman–Crippen MR) is 142 cm³/mol. The summed E-state index contributed by atoms with van der Waals surface area (Å²) in [7, 11) is 0. The first-order valence-electron chi connectivity index (χ1n) is 14.5. The molecule has 0 aromatic rings. The van der Waals surface area contributed by atoms with Crippen molar-refractivity contribution in [3.05, 3.63) is 23.3 Å². The summed E-state index contributed by atoms with van der Waals surface area (Å²) in [5, 5.41) is 13.1. The topological polar surface area (TPSA) is 85.3 Å². The number of amides is 1. The second-order valence-corrected chi connectivity index (χ2v) is 14.9. The van der Waals surface area contributed by atoms with Crippen molar-refractivity contribution in [2.24, 2.45) is 39.9 Å². The normalized spacial score (nSPS) is 45.9. The van der Waals surface area contributed by atoms with Crippen LogP contribution in [0.5, 0.6) is 0 Å². The Kier molecular flexibility index (Phi) is 5.54. The number of ketones is 1. The number of carbonyl (C=O) groups is 2. The Morgan fingerprint density at radius 1 is 1.18 bits per heavy atom. The molecule has 1 N–H and O–H groups in total. The summed E-state index contributed by atoms with van der Waals surface area (Å²) in [4.78, 5) is 30.1. The van der Waals surface area contributed by atoms with Gasteiger partial charge in [-0.1, -0.05) is 46.8 Å². The van der Waals surface area contributed by atoms with Gasteiger partial charge in [-0.2, -0.15) is 0 Å². The summed E-state index contributed by atoms with van der Waals surface area (Å²) in [5.41, 5.74) is -1.41. The van der Waals surface area contributed by atoms with E-state index in [0.29, 0.717) is 19.0 Å². The number of rotatable bonds is 1. The molecule has 4 aliphatic carbocycles. The number of allylic oxidation sites excluding steroid dienone is 1. The molecule has 8 atom stereocenters. The highest BCUT2D eigenvalue weighted by atomic mass is 16.7. The lowest BCUT2D eigenvalue weighted by Crippen LogP contribution is -2.68. The van der Waals surface area contributed by atoms with Crippen LogP contribution in [-0.4, -0.2) is 65.2 Å². The van der Waals surface area contributed by atoms with E-state index >= 15 is 0 Å². The van der Waals surface area contributed by atoms with Gasteiger partial charge in [0.05, 0.1) is 12.0 Å². The zero-order valence-corrected chi connectivity index (χ0v) is 24.3. The van der Waals surface area contributed by atoms with E-state index in [4.69, 9.17) is 14.2 Å². The van der Waals surface area contributed by atoms with Gasteiger partial charge < -0.3 is 24.2 Å². The Morgan fingerprint density at radius 3 is 2.58 bits per heavy atom. The van der Waals surface area contributed by atoms with Gasteiger partial charge in [-0.15, -0.1) is 0 Å². The number of likely N-dealkylation sites (tertiary alicyclic amines) is 1. The van der Waals surface area contributed by atoms with Gasteiger partial charge >= 0.3 is 6.09 Å². The first-order valence-corrected chi connectivity index (χ1v) is 14.5. The number of ether oxygens (including phenoxy) is 3. The third kappa shape index (κ3) is 3.43. The summed E-state index contributed by atoms with van der Waals surface area (Å²) in [6, 6.07) is 0. The van der Waals surface area contributed by atoms with Crippen molar-refractivity contribution >= 4 is 11.9 Å². The molecule has 0 aromatic carbocycles. The van der Waals surface area contributed by atoms with Crippen LogP contribution in [0.2, 0.25) is 0 Å². The highest BCUT2D eigenvalue weighted by Gasteiger charge is 2.77. The smallest absolute Gasteiger partial charge is 0.410 e. The molecule has 2 bridgehead atoms. The van der Waals surface area contributed by atoms with E-state index in [1.165, 1.54) is 0 Å². The third-order valence-electron chi connectivity index (χ3n) is 11.0. The Morgan fingerprint density at radius 2 is 1.89 bits per heavy atom. The van der Waals surface area contributed by atoms with Crippen molar-refractivity contribution in [2.45, 2.75) is 98.2 Å². The first kappa shape index (κ1) is 26.5. The largest absolute Gasteiger partial charge is 0.438 e. The fraction of sp³-hybridized carbons (Fsp3) is 0.806. The number of Topliss-reactive ketones (excluding diaryl/α,β-unsaturated/α-hetero) is 1. The molecule has 2 saturated carbocycles. The molecule has 4 fully saturated rings. The summed E-state index contributed by atoms with van der Waals surface area (Å²) >= 11 is 0.